The highest BCUT2D eigenvalue weighted by atomic mass is 16.5. The third-order valence-corrected chi connectivity index (χ3v) is 4.56. The van der Waals surface area contributed by atoms with Gasteiger partial charge in [-0.3, -0.25) is 9.78 Å². The number of carbonyl (C=O) groups is 1. The molecule has 0 amide bonds. The number of ether oxygens (including phenoxy) is 1. The van der Waals surface area contributed by atoms with Gasteiger partial charge < -0.3 is 15.0 Å². The predicted octanol–water partition coefficient (Wildman–Crippen LogP) is 2.82. The van der Waals surface area contributed by atoms with Crippen molar-refractivity contribution in [1.82, 2.24) is 14.9 Å². The second-order valence-electron chi connectivity index (χ2n) is 6.55. The fourth-order valence-corrected chi connectivity index (χ4v) is 3.30. The molecule has 0 unspecified atom stereocenters. The molecule has 3 aromatic rings. The molecule has 0 radical (unpaired) electrons. The van der Waals surface area contributed by atoms with Crippen LogP contribution in [0.15, 0.2) is 36.5 Å². The number of nitrogens with zero attached hydrogens (tertiary/aromatic N) is 3. The summed E-state index contributed by atoms with van der Waals surface area (Å²) < 4.78 is 5.34. The number of fused-ring (bicyclic) bond motifs is 5. The van der Waals surface area contributed by atoms with Gasteiger partial charge in [-0.1, -0.05) is 6.07 Å². The molecule has 0 atom stereocenters. The number of carbonyl (C=O) groups excluding carboxylic acids is 1. The summed E-state index contributed by atoms with van der Waals surface area (Å²) >= 11 is 0. The van der Waals surface area contributed by atoms with Crippen LogP contribution < -0.4 is 10.1 Å². The molecule has 4 rings (SSSR count). The predicted molar refractivity (Wildman–Crippen MR) is 102 cm³/mol. The zero-order chi connectivity index (χ0) is 18.3. The Balaban J connectivity index is 1.94. The van der Waals surface area contributed by atoms with E-state index in [2.05, 4.69) is 15.2 Å². The van der Waals surface area contributed by atoms with E-state index in [0.717, 1.165) is 34.3 Å². The normalized spacial score (nSPS) is 12.4. The second-order valence-corrected chi connectivity index (χ2v) is 6.55. The molecule has 26 heavy (non-hydrogen) atoms. The Bertz CT molecular complexity index is 1010. The highest BCUT2D eigenvalue weighted by Crippen LogP contribution is 2.43. The van der Waals surface area contributed by atoms with Crippen LogP contribution in [0.2, 0.25) is 0 Å². The Morgan fingerprint density at radius 1 is 1.19 bits per heavy atom. The monoisotopic (exact) mass is 348 g/mol. The van der Waals surface area contributed by atoms with E-state index in [-0.39, 0.29) is 5.78 Å². The number of nitrogens with one attached hydrogen (secondary N) is 1. The summed E-state index contributed by atoms with van der Waals surface area (Å²) in [5, 5.41) is 4.26. The van der Waals surface area contributed by atoms with Crippen LogP contribution in [0, 0.1) is 0 Å². The van der Waals surface area contributed by atoms with Crippen LogP contribution in [0.1, 0.15) is 16.1 Å². The van der Waals surface area contributed by atoms with E-state index >= 15 is 0 Å². The zero-order valence-corrected chi connectivity index (χ0v) is 15.0. The molecule has 1 aliphatic carbocycles. The Labute approximate surface area is 151 Å². The quantitative estimate of drug-likeness (QED) is 0.598. The molecule has 0 bridgehead atoms. The summed E-state index contributed by atoms with van der Waals surface area (Å²) in [5.41, 5.74) is 3.65. The maximum atomic E-state index is 13.0. The van der Waals surface area contributed by atoms with Crippen LogP contribution >= 0.6 is 0 Å². The van der Waals surface area contributed by atoms with E-state index < -0.39 is 0 Å². The molecule has 1 aromatic carbocycles. The number of methoxy groups -OCH3 is 1. The number of aromatic nitrogens is 2. The first-order valence-electron chi connectivity index (χ1n) is 8.50. The lowest BCUT2D eigenvalue weighted by Crippen LogP contribution is -2.22. The summed E-state index contributed by atoms with van der Waals surface area (Å²) in [4.78, 5) is 24.1. The van der Waals surface area contributed by atoms with Crippen molar-refractivity contribution in [2.75, 3.05) is 39.6 Å². The van der Waals surface area contributed by atoms with E-state index in [4.69, 9.17) is 9.72 Å². The van der Waals surface area contributed by atoms with Gasteiger partial charge in [0.2, 0.25) is 5.78 Å². The summed E-state index contributed by atoms with van der Waals surface area (Å²) in [6.45, 7) is 1.53. The van der Waals surface area contributed by atoms with Crippen molar-refractivity contribution in [2.24, 2.45) is 0 Å². The molecule has 0 saturated heterocycles. The molecule has 1 aliphatic rings. The molecule has 0 aliphatic heterocycles. The topological polar surface area (TPSA) is 67.3 Å². The van der Waals surface area contributed by atoms with Crippen LogP contribution in [0.4, 0.5) is 5.82 Å². The van der Waals surface area contributed by atoms with Gasteiger partial charge in [-0.15, -0.1) is 0 Å². The standard InChI is InChI=1S/C20H20N4O2/c1-24(2)10-9-22-20-17-16(14-5-4-8-21-18(14)19(17)25)13-7-6-12(26-3)11-15(13)23-20/h4-8,11H,9-10H2,1-3H3,(H,22,23). The van der Waals surface area contributed by atoms with Gasteiger partial charge in [0, 0.05) is 41.9 Å². The van der Waals surface area contributed by atoms with E-state index in [9.17, 15) is 4.79 Å². The van der Waals surface area contributed by atoms with Crippen LogP contribution in [-0.4, -0.2) is 54.9 Å². The van der Waals surface area contributed by atoms with Crippen molar-refractivity contribution in [1.29, 1.82) is 0 Å². The number of ketones is 1. The molecule has 0 spiro atoms. The number of anilines is 1. The van der Waals surface area contributed by atoms with Gasteiger partial charge in [-0.2, -0.15) is 0 Å². The van der Waals surface area contributed by atoms with Gasteiger partial charge in [0.1, 0.15) is 17.3 Å². The maximum absolute atomic E-state index is 13.0. The first-order valence-corrected chi connectivity index (χ1v) is 8.50. The number of likely N-dealkylation sites (N-methyl/N-ethyl adjacent to an activating group) is 1. The third kappa shape index (κ3) is 2.59. The lowest BCUT2D eigenvalue weighted by atomic mass is 10.0. The number of benzene rings is 1. The minimum atomic E-state index is -0.0758. The highest BCUT2D eigenvalue weighted by Gasteiger charge is 2.33. The maximum Gasteiger partial charge on any atom is 0.216 e. The molecule has 0 saturated carbocycles. The number of rotatable bonds is 5. The molecule has 2 aromatic heterocycles. The van der Waals surface area contributed by atoms with Crippen molar-refractivity contribution in [3.05, 3.63) is 47.8 Å². The van der Waals surface area contributed by atoms with Gasteiger partial charge in [-0.05, 0) is 32.3 Å². The average Bonchev–Trinajstić information content (AvgIpc) is 2.95. The van der Waals surface area contributed by atoms with E-state index in [1.54, 1.807) is 13.3 Å². The van der Waals surface area contributed by atoms with Crippen LogP contribution in [0.25, 0.3) is 22.0 Å². The van der Waals surface area contributed by atoms with Gasteiger partial charge in [0.25, 0.3) is 0 Å². The second kappa shape index (κ2) is 6.38. The van der Waals surface area contributed by atoms with Gasteiger partial charge in [0.05, 0.1) is 18.2 Å². The summed E-state index contributed by atoms with van der Waals surface area (Å²) in [7, 11) is 5.65. The lowest BCUT2D eigenvalue weighted by molar-refractivity contribution is 0.103. The third-order valence-electron chi connectivity index (χ3n) is 4.56. The molecule has 0 fully saturated rings. The van der Waals surface area contributed by atoms with Crippen molar-refractivity contribution < 1.29 is 9.53 Å². The minimum Gasteiger partial charge on any atom is -0.497 e. The summed E-state index contributed by atoms with van der Waals surface area (Å²) in [6.07, 6.45) is 1.65. The van der Waals surface area contributed by atoms with E-state index in [1.165, 1.54) is 0 Å². The fraction of sp³-hybridized carbons (Fsp3) is 0.250. The summed E-state index contributed by atoms with van der Waals surface area (Å²) in [5.74, 6) is 1.26. The molecule has 6 heteroatoms. The lowest BCUT2D eigenvalue weighted by Gasteiger charge is -2.15. The Hall–Kier alpha value is -2.99. The number of hydrogen-bond donors (Lipinski definition) is 1. The van der Waals surface area contributed by atoms with Crippen molar-refractivity contribution in [3.8, 4) is 16.9 Å². The molecule has 6 nitrogen and oxygen atoms in total. The first kappa shape index (κ1) is 16.5. The molecular weight excluding hydrogens is 328 g/mol. The molecular formula is C20H20N4O2. The van der Waals surface area contributed by atoms with Gasteiger partial charge in [-0.25, -0.2) is 4.98 Å². The Morgan fingerprint density at radius 2 is 2.04 bits per heavy atom. The fourth-order valence-electron chi connectivity index (χ4n) is 3.30. The molecule has 132 valence electrons. The van der Waals surface area contributed by atoms with Crippen LogP contribution in [0.3, 0.4) is 0 Å². The smallest absolute Gasteiger partial charge is 0.216 e. The molecule has 1 N–H and O–H groups in total. The Morgan fingerprint density at radius 3 is 2.81 bits per heavy atom. The minimum absolute atomic E-state index is 0.0758. The van der Waals surface area contributed by atoms with Crippen LogP contribution in [0.5, 0.6) is 5.75 Å². The van der Waals surface area contributed by atoms with E-state index in [0.29, 0.717) is 23.6 Å². The molecule has 2 heterocycles. The van der Waals surface area contributed by atoms with Gasteiger partial charge in [0.15, 0.2) is 0 Å². The Kier molecular flexibility index (Phi) is 4.05. The number of hydrogen-bond acceptors (Lipinski definition) is 6. The largest absolute Gasteiger partial charge is 0.497 e. The van der Waals surface area contributed by atoms with Crippen LogP contribution in [-0.2, 0) is 0 Å². The average molecular weight is 348 g/mol. The van der Waals surface area contributed by atoms with Crippen molar-refractivity contribution >= 4 is 22.5 Å². The van der Waals surface area contributed by atoms with Crippen molar-refractivity contribution in [3.63, 3.8) is 0 Å². The van der Waals surface area contributed by atoms with Crippen molar-refractivity contribution in [2.45, 2.75) is 0 Å². The van der Waals surface area contributed by atoms with E-state index in [1.807, 2.05) is 44.4 Å². The number of pyridine rings is 2. The first-order chi connectivity index (χ1) is 12.6. The zero-order valence-electron chi connectivity index (χ0n) is 15.0. The summed E-state index contributed by atoms with van der Waals surface area (Å²) in [6, 6.07) is 9.54. The SMILES string of the molecule is COc1ccc2c3c(c(NCCN(C)C)nc2c1)C(=O)c1ncccc1-3. The highest BCUT2D eigenvalue weighted by molar-refractivity contribution is 6.27. The van der Waals surface area contributed by atoms with Gasteiger partial charge >= 0.3 is 0 Å².